The molecule has 0 aliphatic carbocycles. The summed E-state index contributed by atoms with van der Waals surface area (Å²) in [6.07, 6.45) is 0.679. The summed E-state index contributed by atoms with van der Waals surface area (Å²) in [7, 11) is 0. The smallest absolute Gasteiger partial charge is 0.170 e. The van der Waals surface area contributed by atoms with Gasteiger partial charge in [-0.3, -0.25) is 0 Å². The molecule has 1 aromatic heterocycles. The lowest BCUT2D eigenvalue weighted by atomic mass is 10.2. The number of nitrogens with two attached hydrogens (primary N) is 1. The van der Waals surface area contributed by atoms with Crippen LogP contribution in [0.5, 0.6) is 5.75 Å². The van der Waals surface area contributed by atoms with Crippen molar-refractivity contribution in [3.63, 3.8) is 0 Å². The molecule has 2 N–H and O–H groups in total. The largest absolute Gasteiger partial charge is 0.480 e. The van der Waals surface area contributed by atoms with Gasteiger partial charge >= 0.3 is 0 Å². The van der Waals surface area contributed by atoms with Gasteiger partial charge in [-0.25, -0.2) is 9.97 Å². The Morgan fingerprint density at radius 2 is 2.20 bits per heavy atom. The monoisotopic (exact) mass is 287 g/mol. The second-order valence-electron chi connectivity index (χ2n) is 4.76. The quantitative estimate of drug-likeness (QED) is 0.940. The number of rotatable bonds is 3. The molecule has 0 amide bonds. The summed E-state index contributed by atoms with van der Waals surface area (Å²) in [6.45, 7) is 2.58. The molecule has 2 heterocycles. The summed E-state index contributed by atoms with van der Waals surface area (Å²) < 4.78 is 6.03. The second-order valence-corrected chi connectivity index (χ2v) is 5.82. The van der Waals surface area contributed by atoms with Crippen LogP contribution in [0.4, 0.5) is 0 Å². The highest BCUT2D eigenvalue weighted by molar-refractivity contribution is 7.99. The van der Waals surface area contributed by atoms with Gasteiger partial charge in [-0.05, 0) is 31.7 Å². The first-order valence-electron chi connectivity index (χ1n) is 6.69. The number of para-hydroxylation sites is 1. The zero-order valence-corrected chi connectivity index (χ0v) is 12.2. The molecule has 20 heavy (non-hydrogen) atoms. The van der Waals surface area contributed by atoms with Crippen LogP contribution in [0.25, 0.3) is 0 Å². The van der Waals surface area contributed by atoms with Crippen LogP contribution in [-0.2, 0) is 6.42 Å². The molecule has 104 valence electrons. The number of fused-ring (bicyclic) bond motifs is 1. The molecule has 1 aromatic carbocycles. The first kappa shape index (κ1) is 13.4. The third-order valence-corrected chi connectivity index (χ3v) is 4.24. The van der Waals surface area contributed by atoms with Crippen LogP contribution < -0.4 is 10.5 Å². The molecule has 0 spiro atoms. The van der Waals surface area contributed by atoms with Gasteiger partial charge in [0.2, 0.25) is 0 Å². The van der Waals surface area contributed by atoms with Gasteiger partial charge in [-0.2, -0.15) is 0 Å². The van der Waals surface area contributed by atoms with Gasteiger partial charge in [0.05, 0.1) is 0 Å². The van der Waals surface area contributed by atoms with Crippen molar-refractivity contribution >= 4 is 11.8 Å². The third-order valence-electron chi connectivity index (χ3n) is 3.12. The van der Waals surface area contributed by atoms with Crippen LogP contribution >= 0.6 is 11.8 Å². The van der Waals surface area contributed by atoms with E-state index in [-0.39, 0.29) is 6.10 Å². The molecule has 1 aliphatic heterocycles. The number of hydrogen-bond donors (Lipinski definition) is 1. The molecule has 0 radical (unpaired) electrons. The van der Waals surface area contributed by atoms with E-state index in [2.05, 4.69) is 16.0 Å². The Morgan fingerprint density at radius 1 is 1.35 bits per heavy atom. The molecule has 2 aromatic rings. The summed E-state index contributed by atoms with van der Waals surface area (Å²) in [5.74, 6) is 2.51. The molecule has 3 rings (SSSR count). The Kier molecular flexibility index (Phi) is 3.89. The van der Waals surface area contributed by atoms with Gasteiger partial charge in [0, 0.05) is 28.5 Å². The minimum atomic E-state index is -0.0914. The fraction of sp³-hybridized carbons (Fsp3) is 0.333. The third kappa shape index (κ3) is 2.78. The number of aryl methyl sites for hydroxylation is 1. The SMILES string of the molecule is Cc1cc(CCN)nc(C2CSc3ccccc3O2)n1. The van der Waals surface area contributed by atoms with Crippen LogP contribution in [0.3, 0.4) is 0 Å². The van der Waals surface area contributed by atoms with Crippen molar-refractivity contribution in [2.24, 2.45) is 5.73 Å². The summed E-state index contributed by atoms with van der Waals surface area (Å²) in [4.78, 5) is 10.3. The maximum absolute atomic E-state index is 6.03. The second kappa shape index (κ2) is 5.81. The molecular formula is C15H17N3OS. The van der Waals surface area contributed by atoms with Crippen LogP contribution in [0.1, 0.15) is 23.3 Å². The van der Waals surface area contributed by atoms with Gasteiger partial charge in [-0.15, -0.1) is 11.8 Å². The molecule has 0 saturated heterocycles. The molecule has 4 nitrogen and oxygen atoms in total. The van der Waals surface area contributed by atoms with Gasteiger partial charge < -0.3 is 10.5 Å². The van der Waals surface area contributed by atoms with Gasteiger partial charge in [0.1, 0.15) is 5.75 Å². The Bertz CT molecular complexity index is 618. The van der Waals surface area contributed by atoms with Crippen molar-refractivity contribution < 1.29 is 4.74 Å². The predicted octanol–water partition coefficient (Wildman–Crippen LogP) is 2.51. The van der Waals surface area contributed by atoms with E-state index in [0.717, 1.165) is 35.1 Å². The summed E-state index contributed by atoms with van der Waals surface area (Å²) in [5.41, 5.74) is 7.56. The zero-order chi connectivity index (χ0) is 13.9. The van der Waals surface area contributed by atoms with Crippen molar-refractivity contribution in [3.8, 4) is 5.75 Å². The molecule has 1 unspecified atom stereocenters. The first-order valence-corrected chi connectivity index (χ1v) is 7.68. The first-order chi connectivity index (χ1) is 9.76. The van der Waals surface area contributed by atoms with Gasteiger partial charge in [-0.1, -0.05) is 12.1 Å². The Morgan fingerprint density at radius 3 is 3.05 bits per heavy atom. The van der Waals surface area contributed by atoms with E-state index < -0.39 is 0 Å². The summed E-state index contributed by atoms with van der Waals surface area (Å²) in [5, 5.41) is 0. The molecule has 0 saturated carbocycles. The zero-order valence-electron chi connectivity index (χ0n) is 11.4. The van der Waals surface area contributed by atoms with Crippen molar-refractivity contribution in [1.29, 1.82) is 0 Å². The number of aromatic nitrogens is 2. The number of nitrogens with zero attached hydrogens (tertiary/aromatic N) is 2. The van der Waals surface area contributed by atoms with E-state index in [9.17, 15) is 0 Å². The lowest BCUT2D eigenvalue weighted by molar-refractivity contribution is 0.209. The summed E-state index contributed by atoms with van der Waals surface area (Å²) in [6, 6.07) is 10.1. The predicted molar refractivity (Wildman–Crippen MR) is 80.1 cm³/mol. The van der Waals surface area contributed by atoms with Crippen molar-refractivity contribution in [2.45, 2.75) is 24.3 Å². The van der Waals surface area contributed by atoms with E-state index >= 15 is 0 Å². The molecule has 1 atom stereocenters. The van der Waals surface area contributed by atoms with E-state index in [0.29, 0.717) is 6.54 Å². The molecule has 5 heteroatoms. The molecule has 0 bridgehead atoms. The Hall–Kier alpha value is -1.59. The Labute approximate surface area is 122 Å². The minimum Gasteiger partial charge on any atom is -0.480 e. The number of thioether (sulfide) groups is 1. The maximum atomic E-state index is 6.03. The normalized spacial score (nSPS) is 17.4. The number of benzene rings is 1. The minimum absolute atomic E-state index is 0.0914. The fourth-order valence-electron chi connectivity index (χ4n) is 2.23. The van der Waals surface area contributed by atoms with E-state index in [1.165, 1.54) is 4.90 Å². The highest BCUT2D eigenvalue weighted by Gasteiger charge is 2.24. The lowest BCUT2D eigenvalue weighted by Crippen LogP contribution is -2.19. The van der Waals surface area contributed by atoms with Crippen LogP contribution in [0.2, 0.25) is 0 Å². The van der Waals surface area contributed by atoms with E-state index in [1.54, 1.807) is 11.8 Å². The van der Waals surface area contributed by atoms with Crippen LogP contribution in [0, 0.1) is 6.92 Å². The fourth-order valence-corrected chi connectivity index (χ4v) is 3.21. The topological polar surface area (TPSA) is 61.0 Å². The molecule has 1 aliphatic rings. The lowest BCUT2D eigenvalue weighted by Gasteiger charge is -2.24. The van der Waals surface area contributed by atoms with Crippen LogP contribution in [-0.4, -0.2) is 22.3 Å². The summed E-state index contributed by atoms with van der Waals surface area (Å²) >= 11 is 1.79. The highest BCUT2D eigenvalue weighted by Crippen LogP contribution is 2.39. The molecule has 0 fully saturated rings. The Balaban J connectivity index is 1.87. The molecular weight excluding hydrogens is 270 g/mol. The van der Waals surface area contributed by atoms with Gasteiger partial charge in [0.25, 0.3) is 0 Å². The van der Waals surface area contributed by atoms with Crippen molar-refractivity contribution in [3.05, 3.63) is 47.5 Å². The average molecular weight is 287 g/mol. The van der Waals surface area contributed by atoms with Crippen molar-refractivity contribution in [1.82, 2.24) is 9.97 Å². The van der Waals surface area contributed by atoms with E-state index in [4.69, 9.17) is 10.5 Å². The average Bonchev–Trinajstić information content (AvgIpc) is 2.46. The standard InChI is InChI=1S/C15H17N3OS/c1-10-8-11(6-7-16)18-15(17-10)13-9-20-14-5-3-2-4-12(14)19-13/h2-5,8,13H,6-7,9,16H2,1H3. The number of ether oxygens (including phenoxy) is 1. The maximum Gasteiger partial charge on any atom is 0.170 e. The van der Waals surface area contributed by atoms with E-state index in [1.807, 2.05) is 31.2 Å². The van der Waals surface area contributed by atoms with Crippen LogP contribution in [0.15, 0.2) is 35.2 Å². The number of hydrogen-bond acceptors (Lipinski definition) is 5. The van der Waals surface area contributed by atoms with Gasteiger partial charge in [0.15, 0.2) is 11.9 Å². The van der Waals surface area contributed by atoms with Crippen molar-refractivity contribution in [2.75, 3.05) is 12.3 Å². The highest BCUT2D eigenvalue weighted by atomic mass is 32.2.